The molecule has 0 saturated heterocycles. The molecule has 0 amide bonds. The number of para-hydroxylation sites is 2. The summed E-state index contributed by atoms with van der Waals surface area (Å²) < 4.78 is 2.91. The zero-order valence-corrected chi connectivity index (χ0v) is 12.4. The van der Waals surface area contributed by atoms with Crippen molar-refractivity contribution in [3.05, 3.63) is 57.3 Å². The van der Waals surface area contributed by atoms with Crippen LogP contribution >= 0.6 is 0 Å². The fourth-order valence-corrected chi connectivity index (χ4v) is 4.62. The second-order valence-corrected chi connectivity index (χ2v) is 7.09. The molecular weight excluding hydrogens is 281 g/mol. The van der Waals surface area contributed by atoms with Gasteiger partial charge >= 0.3 is 114 Å². The van der Waals surface area contributed by atoms with Gasteiger partial charge in [-0.2, -0.15) is 0 Å². The molecule has 0 N–H and O–H groups in total. The van der Waals surface area contributed by atoms with Crippen molar-refractivity contribution >= 4 is 25.3 Å². The summed E-state index contributed by atoms with van der Waals surface area (Å²) in [5.41, 5.74) is 2.70. The van der Waals surface area contributed by atoms with Crippen LogP contribution in [0.1, 0.15) is 25.3 Å². The summed E-state index contributed by atoms with van der Waals surface area (Å²) in [6.07, 6.45) is 3.66. The molecule has 1 heterocycles. The van der Waals surface area contributed by atoms with Crippen molar-refractivity contribution in [2.75, 3.05) is 0 Å². The van der Waals surface area contributed by atoms with E-state index in [4.69, 9.17) is 4.99 Å². The van der Waals surface area contributed by atoms with Crippen molar-refractivity contribution in [3.8, 4) is 0 Å². The van der Waals surface area contributed by atoms with Gasteiger partial charge in [-0.25, -0.2) is 0 Å². The minimum atomic E-state index is 0.108. The maximum absolute atomic E-state index is 4.89. The van der Waals surface area contributed by atoms with Gasteiger partial charge in [-0.05, 0) is 0 Å². The predicted octanol–water partition coefficient (Wildman–Crippen LogP) is 2.57. The first kappa shape index (κ1) is 11.9. The van der Waals surface area contributed by atoms with Gasteiger partial charge in [0.1, 0.15) is 0 Å². The first-order chi connectivity index (χ1) is 8.88. The minimum absolute atomic E-state index is 0.108. The Balaban J connectivity index is 2.14. The van der Waals surface area contributed by atoms with Gasteiger partial charge in [0.25, 0.3) is 0 Å². The molecule has 90 valence electrons. The normalized spacial score (nSPS) is 12.9. The van der Waals surface area contributed by atoms with Crippen LogP contribution in [-0.4, -0.2) is 15.3 Å². The van der Waals surface area contributed by atoms with E-state index >= 15 is 0 Å². The summed E-state index contributed by atoms with van der Waals surface area (Å²) in [5.74, 6) is 0. The summed E-state index contributed by atoms with van der Waals surface area (Å²) in [4.78, 5) is 4.89. The number of rotatable bonds is 3. The molecule has 2 aromatic rings. The van der Waals surface area contributed by atoms with Crippen molar-refractivity contribution < 1.29 is 0 Å². The molecule has 0 fully saturated rings. The van der Waals surface area contributed by atoms with Gasteiger partial charge in [-0.15, -0.1) is 0 Å². The van der Waals surface area contributed by atoms with E-state index in [-0.39, 0.29) is 15.3 Å². The predicted molar refractivity (Wildman–Crippen MR) is 76.5 cm³/mol. The van der Waals surface area contributed by atoms with Crippen LogP contribution in [0, 0.1) is 3.95 Å². The Hall–Kier alpha value is -1.20. The van der Waals surface area contributed by atoms with Crippen molar-refractivity contribution in [1.29, 1.82) is 0 Å². The van der Waals surface area contributed by atoms with E-state index in [1.165, 1.54) is 37.8 Å². The Kier molecular flexibility index (Phi) is 3.43. The quantitative estimate of drug-likeness (QED) is 0.659. The molecule has 0 aliphatic carbocycles. The Bertz CT molecular complexity index is 688. The summed E-state index contributed by atoms with van der Waals surface area (Å²) in [5, 5.41) is 1.19. The van der Waals surface area contributed by atoms with Crippen LogP contribution in [0.3, 0.4) is 0 Å². The summed E-state index contributed by atoms with van der Waals surface area (Å²) in [7, 11) is 0. The van der Waals surface area contributed by atoms with E-state index in [0.29, 0.717) is 0 Å². The van der Waals surface area contributed by atoms with Crippen LogP contribution < -0.4 is 9.71 Å². The average Bonchev–Trinajstić information content (AvgIpc) is 2.43. The van der Waals surface area contributed by atoms with Crippen molar-refractivity contribution in [3.63, 3.8) is 0 Å². The average molecular weight is 297 g/mol. The van der Waals surface area contributed by atoms with Gasteiger partial charge in [0.05, 0.1) is 0 Å². The Labute approximate surface area is 114 Å². The molecule has 18 heavy (non-hydrogen) atoms. The molecule has 2 heteroatoms. The van der Waals surface area contributed by atoms with E-state index in [1.807, 2.05) is 0 Å². The first-order valence-electron chi connectivity index (χ1n) is 6.53. The Morgan fingerprint density at radius 2 is 1.94 bits per heavy atom. The Morgan fingerprint density at radius 3 is 2.83 bits per heavy atom. The number of hydrogen-bond acceptors (Lipinski definition) is 1. The topological polar surface area (TPSA) is 12.4 Å². The van der Waals surface area contributed by atoms with Crippen molar-refractivity contribution in [2.45, 2.75) is 26.2 Å². The standard InChI is InChI=1S/C16H16AsN/c1-2-3-7-12-8-6-10-14-16(12)18-15-11-5-4-9-13(15)17-14/h4-6,8-11H,2-3,7H2,1H3. The van der Waals surface area contributed by atoms with Gasteiger partial charge < -0.3 is 0 Å². The van der Waals surface area contributed by atoms with Crippen molar-refractivity contribution in [1.82, 2.24) is 0 Å². The molecule has 1 aliphatic rings. The van der Waals surface area contributed by atoms with Gasteiger partial charge in [0.15, 0.2) is 0 Å². The Morgan fingerprint density at radius 1 is 1.06 bits per heavy atom. The number of benzene rings is 2. The number of fused-ring (bicyclic) bond motifs is 2. The second kappa shape index (κ2) is 5.20. The van der Waals surface area contributed by atoms with E-state index in [0.717, 1.165) is 6.42 Å². The maximum atomic E-state index is 4.89. The van der Waals surface area contributed by atoms with Crippen molar-refractivity contribution in [2.24, 2.45) is 4.99 Å². The van der Waals surface area contributed by atoms with E-state index in [9.17, 15) is 0 Å². The molecule has 3 rings (SSSR count). The summed E-state index contributed by atoms with van der Waals surface area (Å²) in [6.45, 7) is 2.24. The van der Waals surface area contributed by atoms with Gasteiger partial charge in [-0.3, -0.25) is 0 Å². The SMILES string of the molecule is CCCCc1cccc2c1N=c1ccccc1=[As]2. The number of unbranched alkanes of at least 4 members (excludes halogenated alkanes) is 1. The van der Waals surface area contributed by atoms with E-state index in [1.54, 1.807) is 0 Å². The van der Waals surface area contributed by atoms with Gasteiger partial charge in [0.2, 0.25) is 0 Å². The zero-order chi connectivity index (χ0) is 12.4. The van der Waals surface area contributed by atoms with Gasteiger partial charge in [-0.1, -0.05) is 0 Å². The van der Waals surface area contributed by atoms with Crippen LogP contribution in [0.5, 0.6) is 0 Å². The molecule has 0 spiro atoms. The molecule has 0 aromatic heterocycles. The third kappa shape index (κ3) is 2.20. The molecule has 0 atom stereocenters. The van der Waals surface area contributed by atoms with E-state index in [2.05, 4.69) is 49.4 Å². The molecule has 1 aliphatic heterocycles. The monoisotopic (exact) mass is 297 g/mol. The van der Waals surface area contributed by atoms with Crippen LogP contribution in [0.25, 0.3) is 0 Å². The summed E-state index contributed by atoms with van der Waals surface area (Å²) >= 11 is 0.108. The van der Waals surface area contributed by atoms with Crippen LogP contribution in [0.4, 0.5) is 5.69 Å². The number of aryl methyl sites for hydroxylation is 1. The second-order valence-electron chi connectivity index (χ2n) is 4.60. The third-order valence-electron chi connectivity index (χ3n) is 3.25. The van der Waals surface area contributed by atoms with Gasteiger partial charge in [0, 0.05) is 0 Å². The molecule has 1 nitrogen and oxygen atoms in total. The number of hydrogen-bond donors (Lipinski definition) is 0. The molecule has 0 saturated carbocycles. The van der Waals surface area contributed by atoms with Crippen LogP contribution in [-0.2, 0) is 6.42 Å². The first-order valence-corrected chi connectivity index (χ1v) is 8.40. The summed E-state index contributed by atoms with van der Waals surface area (Å²) in [6, 6.07) is 15.3. The fraction of sp³-hybridized carbons (Fsp3) is 0.250. The van der Waals surface area contributed by atoms with Crippen LogP contribution in [0.15, 0.2) is 47.5 Å². The molecule has 0 bridgehead atoms. The van der Waals surface area contributed by atoms with Crippen LogP contribution in [0.2, 0.25) is 0 Å². The molecular formula is C16H16AsN. The zero-order valence-electron chi connectivity index (χ0n) is 10.6. The fourth-order valence-electron chi connectivity index (χ4n) is 2.27. The molecule has 0 unspecified atom stereocenters. The number of nitrogens with zero attached hydrogens (tertiary/aromatic N) is 1. The molecule has 0 radical (unpaired) electrons. The molecule has 2 aromatic carbocycles. The van der Waals surface area contributed by atoms with E-state index < -0.39 is 0 Å². The third-order valence-corrected chi connectivity index (χ3v) is 5.81.